The zero-order chi connectivity index (χ0) is 13.9. The minimum atomic E-state index is -0.267. The highest BCUT2D eigenvalue weighted by molar-refractivity contribution is 7.71. The Morgan fingerprint density at radius 3 is 2.70 bits per heavy atom. The molecule has 0 unspecified atom stereocenters. The lowest BCUT2D eigenvalue weighted by Gasteiger charge is -2.16. The molecule has 102 valence electrons. The molecule has 2 aromatic heterocycles. The molecule has 1 aliphatic rings. The lowest BCUT2D eigenvalue weighted by atomic mass is 9.90. The molecule has 1 aromatic carbocycles. The van der Waals surface area contributed by atoms with Crippen molar-refractivity contribution >= 4 is 45.9 Å². The highest BCUT2D eigenvalue weighted by atomic mass is 35.5. The van der Waals surface area contributed by atoms with Crippen molar-refractivity contribution in [1.29, 1.82) is 0 Å². The minimum absolute atomic E-state index is 0.217. The van der Waals surface area contributed by atoms with Crippen LogP contribution in [0, 0.1) is 4.84 Å². The molecule has 0 radical (unpaired) electrons. The summed E-state index contributed by atoms with van der Waals surface area (Å²) in [7, 11) is 0. The van der Waals surface area contributed by atoms with Crippen molar-refractivity contribution in [3.63, 3.8) is 0 Å². The summed E-state index contributed by atoms with van der Waals surface area (Å²) in [5, 5.41) is 1.35. The third-order valence-electron chi connectivity index (χ3n) is 3.84. The molecular formula is C14H10ClNO3S. The molecule has 1 aliphatic carbocycles. The van der Waals surface area contributed by atoms with E-state index in [2.05, 4.69) is 4.98 Å². The second kappa shape index (κ2) is 4.20. The molecule has 6 heteroatoms. The summed E-state index contributed by atoms with van der Waals surface area (Å²) in [6, 6.07) is 1.80. The lowest BCUT2D eigenvalue weighted by Crippen LogP contribution is -2.15. The van der Waals surface area contributed by atoms with Gasteiger partial charge in [-0.3, -0.25) is 0 Å². The Kier molecular flexibility index (Phi) is 2.56. The van der Waals surface area contributed by atoms with E-state index in [1.807, 2.05) is 0 Å². The number of aromatic nitrogens is 1. The van der Waals surface area contributed by atoms with Crippen LogP contribution < -0.4 is 5.63 Å². The molecule has 0 saturated carbocycles. The maximum atomic E-state index is 12.1. The first-order chi connectivity index (χ1) is 9.65. The van der Waals surface area contributed by atoms with Crippen LogP contribution in [0.25, 0.3) is 22.1 Å². The van der Waals surface area contributed by atoms with Crippen LogP contribution in [0.3, 0.4) is 0 Å². The van der Waals surface area contributed by atoms with Crippen LogP contribution in [0.15, 0.2) is 19.7 Å². The maximum Gasteiger partial charge on any atom is 0.339 e. The molecule has 0 bridgehead atoms. The smallest absolute Gasteiger partial charge is 0.339 e. The maximum absolute atomic E-state index is 12.1. The Morgan fingerprint density at radius 2 is 1.90 bits per heavy atom. The van der Waals surface area contributed by atoms with Gasteiger partial charge in [0, 0.05) is 10.9 Å². The van der Waals surface area contributed by atoms with Gasteiger partial charge in [0.25, 0.3) is 4.84 Å². The van der Waals surface area contributed by atoms with Crippen molar-refractivity contribution in [1.82, 2.24) is 4.98 Å². The predicted octanol–water partition coefficient (Wildman–Crippen LogP) is 4.13. The average molecular weight is 308 g/mol. The van der Waals surface area contributed by atoms with E-state index in [9.17, 15) is 4.79 Å². The van der Waals surface area contributed by atoms with Gasteiger partial charge < -0.3 is 13.8 Å². The third kappa shape index (κ3) is 1.60. The monoisotopic (exact) mass is 307 g/mol. The third-order valence-corrected chi connectivity index (χ3v) is 4.31. The van der Waals surface area contributed by atoms with Gasteiger partial charge in [-0.15, -0.1) is 0 Å². The number of fused-ring (bicyclic) bond motifs is 5. The van der Waals surface area contributed by atoms with Crippen LogP contribution in [-0.2, 0) is 12.8 Å². The fourth-order valence-corrected chi connectivity index (χ4v) is 3.39. The summed E-state index contributed by atoms with van der Waals surface area (Å²) < 4.78 is 10.8. The summed E-state index contributed by atoms with van der Waals surface area (Å²) in [4.78, 5) is 15.3. The minimum Gasteiger partial charge on any atom is -0.428 e. The Balaban J connectivity index is 2.27. The first-order valence-corrected chi connectivity index (χ1v) is 7.23. The van der Waals surface area contributed by atoms with Crippen molar-refractivity contribution in [3.8, 4) is 0 Å². The van der Waals surface area contributed by atoms with E-state index in [1.165, 1.54) is 0 Å². The first kappa shape index (κ1) is 12.2. The number of hydrogen-bond donors (Lipinski definition) is 1. The number of H-pyrrole nitrogens is 1. The van der Waals surface area contributed by atoms with Crippen LogP contribution in [-0.4, -0.2) is 4.98 Å². The zero-order valence-corrected chi connectivity index (χ0v) is 12.0. The van der Waals surface area contributed by atoms with Crippen LogP contribution in [0.4, 0.5) is 0 Å². The Bertz CT molecular complexity index is 966. The van der Waals surface area contributed by atoms with Crippen LogP contribution in [0.1, 0.15) is 24.0 Å². The largest absolute Gasteiger partial charge is 0.428 e. The Morgan fingerprint density at radius 1 is 1.15 bits per heavy atom. The summed E-state index contributed by atoms with van der Waals surface area (Å²) in [5.74, 6) is 0. The van der Waals surface area contributed by atoms with Crippen LogP contribution in [0.5, 0.6) is 0 Å². The molecule has 0 amide bonds. The van der Waals surface area contributed by atoms with E-state index in [0.29, 0.717) is 21.7 Å². The van der Waals surface area contributed by atoms with Gasteiger partial charge in [0.1, 0.15) is 5.52 Å². The highest BCUT2D eigenvalue weighted by Crippen LogP contribution is 2.35. The summed E-state index contributed by atoms with van der Waals surface area (Å²) in [6.07, 6.45) is 3.73. The van der Waals surface area contributed by atoms with Crippen LogP contribution >= 0.6 is 23.8 Å². The first-order valence-electron chi connectivity index (χ1n) is 6.45. The molecule has 0 atom stereocenters. The molecule has 4 nitrogen and oxygen atoms in total. The lowest BCUT2D eigenvalue weighted by molar-refractivity contribution is 0.535. The molecule has 0 spiro atoms. The Labute approximate surface area is 123 Å². The van der Waals surface area contributed by atoms with Crippen molar-refractivity contribution < 1.29 is 8.83 Å². The van der Waals surface area contributed by atoms with E-state index in [4.69, 9.17) is 32.7 Å². The van der Waals surface area contributed by atoms with Crippen LogP contribution in [0.2, 0.25) is 5.02 Å². The standard InChI is InChI=1S/C14H10ClNO3S/c15-9-5-8-6-3-1-2-4-7(6)13(17)18-11(8)10-12(9)19-14(20)16-10/h5H,1-4H2,(H,16,20). The van der Waals surface area contributed by atoms with Crippen molar-refractivity contribution in [3.05, 3.63) is 37.5 Å². The number of rotatable bonds is 0. The fourth-order valence-electron chi connectivity index (χ4n) is 2.96. The second-order valence-corrected chi connectivity index (χ2v) is 5.79. The van der Waals surface area contributed by atoms with Gasteiger partial charge in [-0.25, -0.2) is 4.79 Å². The SMILES string of the molecule is O=c1oc2c(cc(Cl)c3oc(=S)[nH]c32)c2c1CCCC2. The average Bonchev–Trinajstić information content (AvgIpc) is 2.84. The summed E-state index contributed by atoms with van der Waals surface area (Å²) >= 11 is 11.2. The molecule has 0 saturated heterocycles. The highest BCUT2D eigenvalue weighted by Gasteiger charge is 2.21. The van der Waals surface area contributed by atoms with Gasteiger partial charge in [0.05, 0.1) is 5.02 Å². The van der Waals surface area contributed by atoms with E-state index >= 15 is 0 Å². The molecule has 2 heterocycles. The van der Waals surface area contributed by atoms with Gasteiger partial charge in [0.15, 0.2) is 11.2 Å². The molecule has 0 fully saturated rings. The predicted molar refractivity (Wildman–Crippen MR) is 79.1 cm³/mol. The van der Waals surface area contributed by atoms with E-state index in [1.54, 1.807) is 6.07 Å². The van der Waals surface area contributed by atoms with Crippen molar-refractivity contribution in [2.75, 3.05) is 0 Å². The topological polar surface area (TPSA) is 59.1 Å². The van der Waals surface area contributed by atoms with Gasteiger partial charge in [0.2, 0.25) is 0 Å². The fraction of sp³-hybridized carbons (Fsp3) is 0.286. The number of aryl methyl sites for hydroxylation is 1. The molecule has 1 N–H and O–H groups in total. The molecule has 0 aliphatic heterocycles. The van der Waals surface area contributed by atoms with Gasteiger partial charge >= 0.3 is 5.63 Å². The van der Waals surface area contributed by atoms with Crippen molar-refractivity contribution in [2.24, 2.45) is 0 Å². The van der Waals surface area contributed by atoms with Gasteiger partial charge in [-0.2, -0.15) is 0 Å². The quantitative estimate of drug-likeness (QED) is 0.501. The van der Waals surface area contributed by atoms with Gasteiger partial charge in [-0.05, 0) is 49.5 Å². The second-order valence-electron chi connectivity index (χ2n) is 5.01. The number of benzene rings is 1. The van der Waals surface area contributed by atoms with E-state index < -0.39 is 0 Å². The van der Waals surface area contributed by atoms with Crippen molar-refractivity contribution in [2.45, 2.75) is 25.7 Å². The number of hydrogen-bond acceptors (Lipinski definition) is 4. The molecule has 4 rings (SSSR count). The summed E-state index contributed by atoms with van der Waals surface area (Å²) in [6.45, 7) is 0. The van der Waals surface area contributed by atoms with E-state index in [0.717, 1.165) is 42.2 Å². The van der Waals surface area contributed by atoms with Gasteiger partial charge in [-0.1, -0.05) is 11.6 Å². The molecular weight excluding hydrogens is 298 g/mol. The number of aromatic amines is 1. The van der Waals surface area contributed by atoms with E-state index in [-0.39, 0.29) is 10.5 Å². The normalized spacial score (nSPS) is 14.8. The zero-order valence-electron chi connectivity index (χ0n) is 10.4. The molecule has 20 heavy (non-hydrogen) atoms. The summed E-state index contributed by atoms with van der Waals surface area (Å²) in [5.41, 5.74) is 3.03. The number of halogens is 1. The number of oxazole rings is 1. The number of nitrogens with one attached hydrogen (secondary N) is 1. The Hall–Kier alpha value is -1.59. The molecule has 3 aromatic rings.